The van der Waals surface area contributed by atoms with Gasteiger partial charge >= 0.3 is 0 Å². The Balaban J connectivity index is 1.58. The molecule has 0 amide bonds. The van der Waals surface area contributed by atoms with Gasteiger partial charge in [0.15, 0.2) is 6.29 Å². The van der Waals surface area contributed by atoms with Crippen molar-refractivity contribution >= 4 is 0 Å². The Kier molecular flexibility index (Phi) is 8.48. The molecule has 6 heteroatoms. The third kappa shape index (κ3) is 5.75. The van der Waals surface area contributed by atoms with Crippen LogP contribution in [0.1, 0.15) is 54.5 Å². The Morgan fingerprint density at radius 2 is 1.65 bits per heavy atom. The number of benzene rings is 3. The van der Waals surface area contributed by atoms with Crippen LogP contribution in [0.3, 0.4) is 0 Å². The first-order valence-corrected chi connectivity index (χ1v) is 14.3. The fourth-order valence-electron chi connectivity index (χ4n) is 6.45. The van der Waals surface area contributed by atoms with Crippen molar-refractivity contribution < 1.29 is 29.9 Å². The second-order valence-corrected chi connectivity index (χ2v) is 12.5. The van der Waals surface area contributed by atoms with Crippen LogP contribution in [-0.2, 0) is 21.3 Å². The highest BCUT2D eigenvalue weighted by atomic mass is 16.7. The molecular formula is C34H42O6. The van der Waals surface area contributed by atoms with Gasteiger partial charge in [-0.15, -0.1) is 0 Å². The zero-order valence-corrected chi connectivity index (χ0v) is 23.8. The molecule has 5 rings (SSSR count). The van der Waals surface area contributed by atoms with E-state index >= 15 is 0 Å². The molecule has 40 heavy (non-hydrogen) atoms. The third-order valence-corrected chi connectivity index (χ3v) is 8.67. The van der Waals surface area contributed by atoms with Crippen LogP contribution < -0.4 is 0 Å². The number of aryl methyl sites for hydroxylation is 1. The maximum absolute atomic E-state index is 10.6. The normalized spacial score (nSPS) is 28.8. The number of aliphatic hydroxyl groups excluding tert-OH is 4. The number of hydrogen-bond donors (Lipinski definition) is 4. The van der Waals surface area contributed by atoms with Crippen molar-refractivity contribution in [3.63, 3.8) is 0 Å². The summed E-state index contributed by atoms with van der Waals surface area (Å²) in [6.45, 7) is 8.91. The maximum Gasteiger partial charge on any atom is 0.186 e. The van der Waals surface area contributed by atoms with E-state index in [2.05, 4.69) is 76.2 Å². The molecule has 0 bridgehead atoms. The van der Waals surface area contributed by atoms with Gasteiger partial charge in [0.25, 0.3) is 0 Å². The second kappa shape index (κ2) is 11.7. The predicted molar refractivity (Wildman–Crippen MR) is 155 cm³/mol. The van der Waals surface area contributed by atoms with E-state index in [1.54, 1.807) is 0 Å². The Morgan fingerprint density at radius 3 is 2.35 bits per heavy atom. The lowest BCUT2D eigenvalue weighted by Crippen LogP contribution is -2.54. The largest absolute Gasteiger partial charge is 0.396 e. The SMILES string of the molecule is Cc1ccc(C2c3cc(-c4ccccc4)ccc3C[C@H](CO)[C@H]2CO[C@@H]2OC[C@@H](O)[C@H](O)[C@H]2O)cc1C(C)(C)C. The van der Waals surface area contributed by atoms with Crippen molar-refractivity contribution in [1.82, 2.24) is 0 Å². The Bertz CT molecular complexity index is 1300. The summed E-state index contributed by atoms with van der Waals surface area (Å²) in [6, 6.07) is 23.6. The Morgan fingerprint density at radius 1 is 0.900 bits per heavy atom. The van der Waals surface area contributed by atoms with E-state index in [4.69, 9.17) is 9.47 Å². The Hall–Kier alpha value is -2.58. The van der Waals surface area contributed by atoms with Crippen molar-refractivity contribution in [2.24, 2.45) is 11.8 Å². The van der Waals surface area contributed by atoms with E-state index in [0.717, 1.165) is 16.7 Å². The molecule has 3 aromatic rings. The average molecular weight is 547 g/mol. The maximum atomic E-state index is 10.6. The van der Waals surface area contributed by atoms with Gasteiger partial charge in [0.2, 0.25) is 0 Å². The van der Waals surface area contributed by atoms with Crippen LogP contribution >= 0.6 is 0 Å². The standard InChI is InChI=1S/C34H42O6/c1-20-10-11-24(16-28(20)34(2,3)4)30-26-15-22(21-8-6-5-7-9-21)12-13-23(26)14-25(17-35)27(30)18-39-33-32(38)31(37)29(36)19-40-33/h5-13,15-16,25,27,29-33,35-38H,14,17-19H2,1-4H3/t25-,27-,29-,30?,31+,32-,33-/m1/s1. The number of aliphatic hydroxyl groups is 4. The third-order valence-electron chi connectivity index (χ3n) is 8.67. The lowest BCUT2D eigenvalue weighted by molar-refractivity contribution is -0.274. The van der Waals surface area contributed by atoms with Gasteiger partial charge in [0, 0.05) is 12.5 Å². The fourth-order valence-corrected chi connectivity index (χ4v) is 6.45. The van der Waals surface area contributed by atoms with E-state index in [9.17, 15) is 20.4 Å². The molecule has 1 aliphatic carbocycles. The van der Waals surface area contributed by atoms with Gasteiger partial charge in [-0.2, -0.15) is 0 Å². The van der Waals surface area contributed by atoms with Gasteiger partial charge in [0.1, 0.15) is 18.3 Å². The monoisotopic (exact) mass is 546 g/mol. The van der Waals surface area contributed by atoms with E-state index in [1.165, 1.54) is 22.3 Å². The van der Waals surface area contributed by atoms with E-state index < -0.39 is 24.6 Å². The van der Waals surface area contributed by atoms with Crippen LogP contribution in [-0.4, -0.2) is 64.8 Å². The van der Waals surface area contributed by atoms with Gasteiger partial charge in [-0.1, -0.05) is 87.5 Å². The highest BCUT2D eigenvalue weighted by molar-refractivity contribution is 5.66. The zero-order valence-electron chi connectivity index (χ0n) is 23.8. The summed E-state index contributed by atoms with van der Waals surface area (Å²) in [7, 11) is 0. The first kappa shape index (κ1) is 28.9. The highest BCUT2D eigenvalue weighted by Crippen LogP contribution is 2.46. The van der Waals surface area contributed by atoms with Crippen molar-refractivity contribution in [1.29, 1.82) is 0 Å². The fraction of sp³-hybridized carbons (Fsp3) is 0.471. The van der Waals surface area contributed by atoms with Gasteiger partial charge < -0.3 is 29.9 Å². The minimum Gasteiger partial charge on any atom is -0.396 e. The molecule has 1 heterocycles. The van der Waals surface area contributed by atoms with Gasteiger partial charge in [-0.05, 0) is 69.5 Å². The minimum absolute atomic E-state index is 0.00217. The van der Waals surface area contributed by atoms with Crippen LogP contribution in [0.4, 0.5) is 0 Å². The molecule has 2 aliphatic rings. The average Bonchev–Trinajstić information content (AvgIpc) is 2.95. The van der Waals surface area contributed by atoms with Gasteiger partial charge in [-0.25, -0.2) is 0 Å². The van der Waals surface area contributed by atoms with E-state index in [0.29, 0.717) is 6.42 Å². The second-order valence-electron chi connectivity index (χ2n) is 12.5. The van der Waals surface area contributed by atoms with Crippen molar-refractivity contribution in [3.05, 3.63) is 94.5 Å². The summed E-state index contributed by atoms with van der Waals surface area (Å²) in [6.07, 6.45) is -4.20. The quantitative estimate of drug-likeness (QED) is 0.368. The lowest BCUT2D eigenvalue weighted by atomic mass is 9.66. The molecule has 1 saturated heterocycles. The molecule has 214 valence electrons. The molecule has 4 N–H and O–H groups in total. The number of rotatable bonds is 6. The molecule has 1 unspecified atom stereocenters. The summed E-state index contributed by atoms with van der Waals surface area (Å²) in [5.74, 6) is -0.253. The first-order chi connectivity index (χ1) is 19.1. The van der Waals surface area contributed by atoms with Crippen LogP contribution in [0, 0.1) is 18.8 Å². The van der Waals surface area contributed by atoms with Gasteiger partial charge in [0.05, 0.1) is 13.2 Å². The van der Waals surface area contributed by atoms with Crippen LogP contribution in [0.15, 0.2) is 66.7 Å². The Labute approximate surface area is 237 Å². The van der Waals surface area contributed by atoms with E-state index in [-0.39, 0.29) is 43.0 Å². The summed E-state index contributed by atoms with van der Waals surface area (Å²) in [4.78, 5) is 0. The first-order valence-electron chi connectivity index (χ1n) is 14.3. The minimum atomic E-state index is -1.36. The smallest absolute Gasteiger partial charge is 0.186 e. The summed E-state index contributed by atoms with van der Waals surface area (Å²) < 4.78 is 11.7. The van der Waals surface area contributed by atoms with E-state index in [1.807, 2.05) is 18.2 Å². The number of fused-ring (bicyclic) bond motifs is 1. The molecule has 0 saturated carbocycles. The van der Waals surface area contributed by atoms with Crippen LogP contribution in [0.2, 0.25) is 0 Å². The van der Waals surface area contributed by atoms with Gasteiger partial charge in [-0.3, -0.25) is 0 Å². The highest BCUT2D eigenvalue weighted by Gasteiger charge is 2.42. The zero-order chi connectivity index (χ0) is 28.6. The molecule has 1 aliphatic heterocycles. The molecule has 1 fully saturated rings. The number of hydrogen-bond acceptors (Lipinski definition) is 6. The summed E-state index contributed by atoms with van der Waals surface area (Å²) in [5.41, 5.74) is 8.35. The van der Waals surface area contributed by atoms with Crippen molar-refractivity contribution in [3.8, 4) is 11.1 Å². The molecule has 0 aromatic heterocycles. The topological polar surface area (TPSA) is 99.4 Å². The lowest BCUT2D eigenvalue weighted by Gasteiger charge is -2.42. The molecule has 3 aromatic carbocycles. The van der Waals surface area contributed by atoms with Crippen LogP contribution in [0.5, 0.6) is 0 Å². The molecule has 7 atom stereocenters. The predicted octanol–water partition coefficient (Wildman–Crippen LogP) is 4.33. The molecular weight excluding hydrogens is 504 g/mol. The van der Waals surface area contributed by atoms with Crippen molar-refractivity contribution in [2.45, 2.75) is 70.1 Å². The molecule has 0 spiro atoms. The van der Waals surface area contributed by atoms with Crippen molar-refractivity contribution in [2.75, 3.05) is 19.8 Å². The molecule has 6 nitrogen and oxygen atoms in total. The summed E-state index contributed by atoms with van der Waals surface area (Å²) >= 11 is 0. The summed E-state index contributed by atoms with van der Waals surface area (Å²) in [5, 5.41) is 41.1. The number of ether oxygens (including phenoxy) is 2. The van der Waals surface area contributed by atoms with Crippen LogP contribution in [0.25, 0.3) is 11.1 Å². The molecule has 0 radical (unpaired) electrons.